The number of aromatic nitrogens is 1. The Bertz CT molecular complexity index is 1160. The van der Waals surface area contributed by atoms with Gasteiger partial charge in [-0.1, -0.05) is 17.7 Å². The molecule has 0 unspecified atom stereocenters. The van der Waals surface area contributed by atoms with Crippen LogP contribution >= 0.6 is 0 Å². The number of carbonyl (C=O) groups excluding carboxylic acids is 2. The minimum absolute atomic E-state index is 0.0829. The van der Waals surface area contributed by atoms with Gasteiger partial charge in [-0.25, -0.2) is 13.2 Å². The fraction of sp³-hybridized carbons (Fsp3) is 0.458. The Morgan fingerprint density at radius 2 is 1.89 bits per heavy atom. The second-order valence-corrected chi connectivity index (χ2v) is 10.6. The molecule has 2 heterocycles. The zero-order valence-electron chi connectivity index (χ0n) is 19.9. The van der Waals surface area contributed by atoms with Crippen LogP contribution in [0.1, 0.15) is 36.9 Å². The van der Waals surface area contributed by atoms with E-state index in [1.54, 1.807) is 12.1 Å². The highest BCUT2D eigenvalue weighted by molar-refractivity contribution is 7.89. The fourth-order valence-electron chi connectivity index (χ4n) is 4.11. The van der Waals surface area contributed by atoms with E-state index in [2.05, 4.69) is 10.6 Å². The number of amides is 2. The van der Waals surface area contributed by atoms with Crippen molar-refractivity contribution in [3.8, 4) is 0 Å². The summed E-state index contributed by atoms with van der Waals surface area (Å²) in [6.45, 7) is 2.43. The van der Waals surface area contributed by atoms with Crippen LogP contribution in [0.2, 0.25) is 0 Å². The van der Waals surface area contributed by atoms with Gasteiger partial charge in [0.1, 0.15) is 12.1 Å². The van der Waals surface area contributed by atoms with Gasteiger partial charge in [-0.3, -0.25) is 9.59 Å². The van der Waals surface area contributed by atoms with Gasteiger partial charge in [-0.15, -0.1) is 0 Å². The second kappa shape index (κ2) is 11.5. The average Bonchev–Trinajstić information content (AvgIpc) is 3.46. The number of nitrogens with one attached hydrogen (secondary N) is 2. The van der Waals surface area contributed by atoms with E-state index < -0.39 is 34.0 Å². The lowest BCUT2D eigenvalue weighted by atomic mass is 10.1. The first-order valence-electron chi connectivity index (χ1n) is 11.6. The van der Waals surface area contributed by atoms with Gasteiger partial charge in [0.15, 0.2) is 0 Å². The third-order valence-corrected chi connectivity index (χ3v) is 8.09. The van der Waals surface area contributed by atoms with Gasteiger partial charge in [-0.2, -0.15) is 4.31 Å². The average molecular weight is 505 g/mol. The number of aryl methyl sites for hydroxylation is 2. The number of sulfonamides is 1. The number of carbonyl (C=O) groups is 3. The molecule has 2 atom stereocenters. The Labute approximate surface area is 205 Å². The lowest BCUT2D eigenvalue weighted by Crippen LogP contribution is -2.51. The Hall–Kier alpha value is -3.18. The van der Waals surface area contributed by atoms with Gasteiger partial charge < -0.3 is 20.3 Å². The monoisotopic (exact) mass is 504 g/mol. The van der Waals surface area contributed by atoms with E-state index in [1.807, 2.05) is 36.9 Å². The summed E-state index contributed by atoms with van der Waals surface area (Å²) in [4.78, 5) is 36.9. The Morgan fingerprint density at radius 3 is 2.51 bits per heavy atom. The van der Waals surface area contributed by atoms with Crippen LogP contribution in [0.25, 0.3) is 0 Å². The molecule has 0 bridgehead atoms. The van der Waals surface area contributed by atoms with E-state index in [0.717, 1.165) is 15.6 Å². The summed E-state index contributed by atoms with van der Waals surface area (Å²) >= 11 is 0. The van der Waals surface area contributed by atoms with E-state index in [9.17, 15) is 27.9 Å². The molecule has 0 radical (unpaired) electrons. The maximum Gasteiger partial charge on any atom is 0.326 e. The third kappa shape index (κ3) is 6.70. The van der Waals surface area contributed by atoms with Crippen molar-refractivity contribution in [2.45, 2.75) is 56.0 Å². The summed E-state index contributed by atoms with van der Waals surface area (Å²) in [5, 5.41) is 14.7. The Kier molecular flexibility index (Phi) is 8.68. The van der Waals surface area contributed by atoms with Crippen molar-refractivity contribution in [2.24, 2.45) is 7.05 Å². The molecule has 1 saturated heterocycles. The fourth-order valence-corrected chi connectivity index (χ4v) is 5.77. The second-order valence-electron chi connectivity index (χ2n) is 8.74. The van der Waals surface area contributed by atoms with Crippen molar-refractivity contribution in [3.05, 3.63) is 53.9 Å². The zero-order valence-corrected chi connectivity index (χ0v) is 20.8. The normalized spacial score (nSPS) is 17.1. The van der Waals surface area contributed by atoms with E-state index in [0.29, 0.717) is 25.8 Å². The summed E-state index contributed by atoms with van der Waals surface area (Å²) < 4.78 is 29.2. The van der Waals surface area contributed by atoms with Crippen LogP contribution in [0.5, 0.6) is 0 Å². The number of hydrogen-bond donors (Lipinski definition) is 3. The smallest absolute Gasteiger partial charge is 0.326 e. The summed E-state index contributed by atoms with van der Waals surface area (Å²) in [6.07, 6.45) is 3.15. The molecule has 0 spiro atoms. The number of carboxylic acid groups (broad SMARTS) is 1. The van der Waals surface area contributed by atoms with Crippen molar-refractivity contribution < 1.29 is 27.9 Å². The molecule has 1 aromatic carbocycles. The number of nitrogens with zero attached hydrogens (tertiary/aromatic N) is 2. The van der Waals surface area contributed by atoms with Crippen LogP contribution < -0.4 is 10.6 Å². The van der Waals surface area contributed by atoms with E-state index in [1.165, 1.54) is 12.1 Å². The number of aliphatic carboxylic acids is 1. The maximum absolute atomic E-state index is 13.1. The molecule has 1 aromatic heterocycles. The molecule has 35 heavy (non-hydrogen) atoms. The Balaban J connectivity index is 1.55. The highest BCUT2D eigenvalue weighted by Crippen LogP contribution is 2.26. The summed E-state index contributed by atoms with van der Waals surface area (Å²) in [6, 6.07) is 7.92. The number of hydrogen-bond acceptors (Lipinski definition) is 5. The molecule has 3 rings (SSSR count). The topological polar surface area (TPSA) is 138 Å². The van der Waals surface area contributed by atoms with Crippen molar-refractivity contribution in [3.63, 3.8) is 0 Å². The molecule has 2 aromatic rings. The lowest BCUT2D eigenvalue weighted by Gasteiger charge is -2.25. The van der Waals surface area contributed by atoms with Crippen molar-refractivity contribution in [2.75, 3.05) is 13.1 Å². The highest BCUT2D eigenvalue weighted by atomic mass is 32.2. The summed E-state index contributed by atoms with van der Waals surface area (Å²) in [5.74, 6) is -2.26. The zero-order chi connectivity index (χ0) is 25.6. The van der Waals surface area contributed by atoms with Crippen LogP contribution in [0.15, 0.2) is 47.5 Å². The SMILES string of the molecule is Cc1ccc(S(=O)(=O)N2CCC[C@H]2C(=O)N[C@@H](CCC(=O)NCCc2cccn2C)C(=O)O)cc1. The molecule has 10 nitrogen and oxygen atoms in total. The first kappa shape index (κ1) is 26.4. The van der Waals surface area contributed by atoms with Crippen LogP contribution in [0, 0.1) is 6.92 Å². The van der Waals surface area contributed by atoms with Crippen LogP contribution in [0.4, 0.5) is 0 Å². The van der Waals surface area contributed by atoms with Crippen molar-refractivity contribution >= 4 is 27.8 Å². The van der Waals surface area contributed by atoms with E-state index in [4.69, 9.17) is 0 Å². The molecule has 190 valence electrons. The molecule has 1 aliphatic heterocycles. The molecule has 11 heteroatoms. The Morgan fingerprint density at radius 1 is 1.17 bits per heavy atom. The van der Waals surface area contributed by atoms with Gasteiger partial charge in [0.05, 0.1) is 4.90 Å². The maximum atomic E-state index is 13.1. The van der Waals surface area contributed by atoms with E-state index in [-0.39, 0.29) is 30.2 Å². The molecule has 2 amide bonds. The third-order valence-electron chi connectivity index (χ3n) is 6.16. The predicted molar refractivity (Wildman–Crippen MR) is 129 cm³/mol. The van der Waals surface area contributed by atoms with Crippen molar-refractivity contribution in [1.29, 1.82) is 0 Å². The van der Waals surface area contributed by atoms with Gasteiger partial charge >= 0.3 is 5.97 Å². The lowest BCUT2D eigenvalue weighted by molar-refractivity contribution is -0.142. The molecular weight excluding hydrogens is 472 g/mol. The quantitative estimate of drug-likeness (QED) is 0.420. The predicted octanol–water partition coefficient (Wildman–Crippen LogP) is 1.20. The number of rotatable bonds is 11. The van der Waals surface area contributed by atoms with Gasteiger partial charge in [0.2, 0.25) is 21.8 Å². The summed E-state index contributed by atoms with van der Waals surface area (Å²) in [7, 11) is -1.99. The van der Waals surface area contributed by atoms with Crippen LogP contribution in [-0.2, 0) is 37.9 Å². The number of carboxylic acids is 1. The molecule has 1 fully saturated rings. The molecule has 3 N–H and O–H groups in total. The van der Waals surface area contributed by atoms with Crippen LogP contribution in [-0.4, -0.2) is 65.4 Å². The highest BCUT2D eigenvalue weighted by Gasteiger charge is 2.40. The van der Waals surface area contributed by atoms with Gasteiger partial charge in [0.25, 0.3) is 0 Å². The molecule has 1 aliphatic rings. The van der Waals surface area contributed by atoms with Crippen LogP contribution in [0.3, 0.4) is 0 Å². The molecular formula is C24H32N4O6S. The number of benzene rings is 1. The minimum Gasteiger partial charge on any atom is -0.480 e. The van der Waals surface area contributed by atoms with Gasteiger partial charge in [-0.05, 0) is 50.5 Å². The first-order valence-corrected chi connectivity index (χ1v) is 13.0. The van der Waals surface area contributed by atoms with Crippen molar-refractivity contribution in [1.82, 2.24) is 19.5 Å². The molecule has 0 aliphatic carbocycles. The summed E-state index contributed by atoms with van der Waals surface area (Å²) in [5.41, 5.74) is 1.97. The standard InChI is InChI=1S/C24H32N4O6S/c1-17-7-9-19(10-8-17)35(33,34)28-16-4-6-21(28)23(30)26-20(24(31)32)11-12-22(29)25-14-13-18-5-3-15-27(18)2/h3,5,7-10,15,20-21H,4,6,11-14,16H2,1-2H3,(H,25,29)(H,26,30)(H,31,32)/t20-,21-/m0/s1. The van der Waals surface area contributed by atoms with E-state index >= 15 is 0 Å². The van der Waals surface area contributed by atoms with Gasteiger partial charge in [0, 0.05) is 44.9 Å². The first-order chi connectivity index (χ1) is 16.6. The largest absolute Gasteiger partial charge is 0.480 e. The molecule has 0 saturated carbocycles. The minimum atomic E-state index is -3.90.